The average Bonchev–Trinajstić information content (AvgIpc) is 2.79. The lowest BCUT2D eigenvalue weighted by atomic mass is 10.2. The largest absolute Gasteiger partial charge is 0.370 e. The van der Waals surface area contributed by atoms with Gasteiger partial charge < -0.3 is 27.0 Å². The van der Waals surface area contributed by atoms with Gasteiger partial charge in [0.15, 0.2) is 9.84 Å². The third-order valence-electron chi connectivity index (χ3n) is 4.46. The maximum Gasteiger partial charge on any atom is 0.254 e. The number of rotatable bonds is 9. The van der Waals surface area contributed by atoms with Gasteiger partial charge in [0.1, 0.15) is 23.1 Å². The second-order valence-electron chi connectivity index (χ2n) is 7.14. The summed E-state index contributed by atoms with van der Waals surface area (Å²) in [5, 5.41) is 10.9. The molecule has 178 valence electrons. The molecule has 3 rings (SSSR count). The number of anilines is 5. The number of nitrogens with two attached hydrogens (primary N) is 1. The molecule has 34 heavy (non-hydrogen) atoms. The number of carbonyl (C=O) groups is 2. The first-order valence-electron chi connectivity index (χ1n) is 9.80. The molecule has 3 aromatic rings. The van der Waals surface area contributed by atoms with Crippen LogP contribution in [-0.4, -0.2) is 49.4 Å². The predicted octanol–water partition coefficient (Wildman–Crippen LogP) is 1.98. The van der Waals surface area contributed by atoms with E-state index in [4.69, 9.17) is 5.73 Å². The normalized spacial score (nSPS) is 10.9. The quantitative estimate of drug-likeness (QED) is 0.303. The molecule has 2 aromatic carbocycles. The molecule has 0 saturated heterocycles. The van der Waals surface area contributed by atoms with Crippen molar-refractivity contribution in [3.63, 3.8) is 0 Å². The smallest absolute Gasteiger partial charge is 0.254 e. The van der Waals surface area contributed by atoms with Crippen molar-refractivity contribution in [3.05, 3.63) is 65.6 Å². The molecule has 0 aliphatic rings. The van der Waals surface area contributed by atoms with Crippen LogP contribution in [0.5, 0.6) is 0 Å². The lowest BCUT2D eigenvalue weighted by Crippen LogP contribution is -2.18. The van der Waals surface area contributed by atoms with Crippen LogP contribution in [0, 0.1) is 5.82 Å². The van der Waals surface area contributed by atoms with Crippen molar-refractivity contribution in [2.24, 2.45) is 5.73 Å². The molecule has 13 heteroatoms. The highest BCUT2D eigenvalue weighted by molar-refractivity contribution is 7.90. The molecule has 0 atom stereocenters. The second-order valence-corrected chi connectivity index (χ2v) is 9.28. The summed E-state index contributed by atoms with van der Waals surface area (Å²) in [4.78, 5) is 32.0. The molecule has 0 bridgehead atoms. The Morgan fingerprint density at radius 3 is 2.41 bits per heavy atom. The Bertz CT molecular complexity index is 1350. The van der Waals surface area contributed by atoms with E-state index in [1.807, 2.05) is 0 Å². The van der Waals surface area contributed by atoms with Gasteiger partial charge >= 0.3 is 0 Å². The maximum absolute atomic E-state index is 14.3. The first-order valence-corrected chi connectivity index (χ1v) is 11.9. The minimum Gasteiger partial charge on any atom is -0.370 e. The number of nitrogens with one attached hydrogen (secondary N) is 4. The van der Waals surface area contributed by atoms with Crippen molar-refractivity contribution in [3.8, 4) is 0 Å². The van der Waals surface area contributed by atoms with E-state index in [9.17, 15) is 22.4 Å². The molecule has 11 nitrogen and oxygen atoms in total. The molecule has 0 unspecified atom stereocenters. The van der Waals surface area contributed by atoms with Crippen LogP contribution in [-0.2, 0) is 9.84 Å². The number of carbonyl (C=O) groups excluding carboxylic acids is 2. The van der Waals surface area contributed by atoms with Gasteiger partial charge in [0.05, 0.1) is 17.1 Å². The van der Waals surface area contributed by atoms with E-state index in [1.165, 1.54) is 19.2 Å². The summed E-state index contributed by atoms with van der Waals surface area (Å²) in [6, 6.07) is 10.4. The first kappa shape index (κ1) is 24.4. The molecule has 1 heterocycles. The van der Waals surface area contributed by atoms with Gasteiger partial charge in [-0.2, -0.15) is 4.98 Å². The summed E-state index contributed by atoms with van der Waals surface area (Å²) in [6.45, 7) is 0. The molecule has 0 aliphatic heterocycles. The summed E-state index contributed by atoms with van der Waals surface area (Å²) >= 11 is 0. The lowest BCUT2D eigenvalue weighted by Gasteiger charge is -2.15. The Hall–Kier alpha value is -4.26. The average molecular weight is 488 g/mol. The zero-order chi connectivity index (χ0) is 24.9. The fraction of sp³-hybridized carbons (Fsp3) is 0.143. The van der Waals surface area contributed by atoms with Gasteiger partial charge in [-0.05, 0) is 30.3 Å². The summed E-state index contributed by atoms with van der Waals surface area (Å²) < 4.78 is 37.4. The number of aromatic nitrogens is 2. The zero-order valence-electron chi connectivity index (χ0n) is 18.2. The number of amides is 2. The third kappa shape index (κ3) is 6.16. The van der Waals surface area contributed by atoms with E-state index < -0.39 is 27.5 Å². The van der Waals surface area contributed by atoms with Crippen molar-refractivity contribution in [1.82, 2.24) is 15.3 Å². The highest BCUT2D eigenvalue weighted by Gasteiger charge is 2.16. The van der Waals surface area contributed by atoms with E-state index in [2.05, 4.69) is 31.2 Å². The molecular formula is C21H22FN7O4S. The monoisotopic (exact) mass is 487 g/mol. The number of para-hydroxylation sites is 2. The maximum atomic E-state index is 14.3. The summed E-state index contributed by atoms with van der Waals surface area (Å²) in [5.41, 5.74) is 6.38. The molecule has 1 aromatic heterocycles. The Labute approximate surface area is 194 Å². The Kier molecular flexibility index (Phi) is 7.26. The second kappa shape index (κ2) is 10.1. The van der Waals surface area contributed by atoms with E-state index in [-0.39, 0.29) is 34.5 Å². The SMILES string of the molecule is CNC(=O)c1ccc(F)c(Nc2ncc(C(N)=O)c(Nc3ccccc3NCS(C)(=O)=O)n2)c1. The number of sulfone groups is 1. The summed E-state index contributed by atoms with van der Waals surface area (Å²) in [7, 11) is -1.85. The summed E-state index contributed by atoms with van der Waals surface area (Å²) in [6.07, 6.45) is 2.24. The molecule has 6 N–H and O–H groups in total. The van der Waals surface area contributed by atoms with Gasteiger partial charge in [0, 0.05) is 25.1 Å². The van der Waals surface area contributed by atoms with E-state index in [0.29, 0.717) is 11.4 Å². The number of benzene rings is 2. The van der Waals surface area contributed by atoms with Crippen molar-refractivity contribution in [1.29, 1.82) is 0 Å². The van der Waals surface area contributed by atoms with Crippen LogP contribution in [0.1, 0.15) is 20.7 Å². The van der Waals surface area contributed by atoms with Crippen LogP contribution in [0.15, 0.2) is 48.7 Å². The highest BCUT2D eigenvalue weighted by Crippen LogP contribution is 2.27. The van der Waals surface area contributed by atoms with Crippen LogP contribution in [0.25, 0.3) is 0 Å². The molecule has 0 radical (unpaired) electrons. The number of primary amides is 1. The third-order valence-corrected chi connectivity index (χ3v) is 5.13. The topological polar surface area (TPSA) is 168 Å². The van der Waals surface area contributed by atoms with Crippen LogP contribution in [0.4, 0.5) is 33.2 Å². The number of halogens is 1. The van der Waals surface area contributed by atoms with Gasteiger partial charge in [0.2, 0.25) is 5.95 Å². The van der Waals surface area contributed by atoms with Gasteiger partial charge in [-0.3, -0.25) is 9.59 Å². The van der Waals surface area contributed by atoms with Crippen molar-refractivity contribution in [2.75, 3.05) is 35.1 Å². The fourth-order valence-electron chi connectivity index (χ4n) is 2.83. The minimum atomic E-state index is -3.30. The van der Waals surface area contributed by atoms with E-state index in [1.54, 1.807) is 24.3 Å². The number of hydrogen-bond donors (Lipinski definition) is 5. The van der Waals surface area contributed by atoms with Crippen LogP contribution in [0.3, 0.4) is 0 Å². The van der Waals surface area contributed by atoms with Crippen LogP contribution < -0.4 is 27.0 Å². The molecule has 0 saturated carbocycles. The first-order chi connectivity index (χ1) is 16.1. The van der Waals surface area contributed by atoms with E-state index in [0.717, 1.165) is 18.5 Å². The van der Waals surface area contributed by atoms with Gasteiger partial charge in [-0.25, -0.2) is 17.8 Å². The van der Waals surface area contributed by atoms with Crippen molar-refractivity contribution in [2.45, 2.75) is 0 Å². The van der Waals surface area contributed by atoms with Crippen molar-refractivity contribution >= 4 is 50.5 Å². The van der Waals surface area contributed by atoms with Crippen LogP contribution >= 0.6 is 0 Å². The summed E-state index contributed by atoms with van der Waals surface area (Å²) in [5.74, 6) is -2.27. The van der Waals surface area contributed by atoms with E-state index >= 15 is 0 Å². The molecule has 0 aliphatic carbocycles. The fourth-order valence-corrected chi connectivity index (χ4v) is 3.25. The Morgan fingerprint density at radius 1 is 1.06 bits per heavy atom. The molecule has 0 spiro atoms. The Balaban J connectivity index is 1.95. The highest BCUT2D eigenvalue weighted by atomic mass is 32.2. The molecular weight excluding hydrogens is 465 g/mol. The number of nitrogens with zero attached hydrogens (tertiary/aromatic N) is 2. The lowest BCUT2D eigenvalue weighted by molar-refractivity contribution is 0.0961. The Morgan fingerprint density at radius 2 is 1.76 bits per heavy atom. The molecule has 0 fully saturated rings. The van der Waals surface area contributed by atoms with Crippen LogP contribution in [0.2, 0.25) is 0 Å². The number of hydrogen-bond acceptors (Lipinski definition) is 9. The zero-order valence-corrected chi connectivity index (χ0v) is 19.0. The van der Waals surface area contributed by atoms with Gasteiger partial charge in [-0.15, -0.1) is 0 Å². The van der Waals surface area contributed by atoms with Gasteiger partial charge in [-0.1, -0.05) is 12.1 Å². The minimum absolute atomic E-state index is 0.00136. The van der Waals surface area contributed by atoms with Crippen molar-refractivity contribution < 1.29 is 22.4 Å². The molecule has 2 amide bonds. The standard InChI is InChI=1S/C21H22FN7O4S/c1-24-20(31)12-7-8-14(22)17(9-12)28-21-25-10-13(18(23)30)19(29-21)27-16-6-4-3-5-15(16)26-11-34(2,32)33/h3-10,26H,11H2,1-2H3,(H2,23,30)(H,24,31)(H2,25,27,28,29). The predicted molar refractivity (Wildman–Crippen MR) is 127 cm³/mol. The van der Waals surface area contributed by atoms with Gasteiger partial charge in [0.25, 0.3) is 11.8 Å².